The van der Waals surface area contributed by atoms with Crippen molar-refractivity contribution >= 4 is 17.2 Å². The monoisotopic (exact) mass is 331 g/mol. The molecule has 2 nitrogen and oxygen atoms in total. The lowest BCUT2D eigenvalue weighted by Crippen LogP contribution is -2.40. The zero-order valence-electron chi connectivity index (χ0n) is 13.1. The molecule has 0 spiro atoms. The van der Waals surface area contributed by atoms with Crippen LogP contribution in [0.4, 0.5) is 0 Å². The quantitative estimate of drug-likeness (QED) is 0.630. The van der Waals surface area contributed by atoms with Gasteiger partial charge in [0, 0.05) is 12.1 Å². The van der Waals surface area contributed by atoms with Gasteiger partial charge in [-0.1, -0.05) is 85.0 Å². The maximum Gasteiger partial charge on any atom is 0.199 e. The van der Waals surface area contributed by atoms with E-state index in [1.165, 1.54) is 5.56 Å². The minimum absolute atomic E-state index is 0.214. The van der Waals surface area contributed by atoms with Gasteiger partial charge >= 0.3 is 0 Å². The highest BCUT2D eigenvalue weighted by Gasteiger charge is 2.31. The highest BCUT2D eigenvalue weighted by molar-refractivity contribution is 7.80. The van der Waals surface area contributed by atoms with Crippen molar-refractivity contribution in [3.8, 4) is 5.75 Å². The van der Waals surface area contributed by atoms with Crippen molar-refractivity contribution in [2.24, 2.45) is 0 Å². The predicted octanol–water partition coefficient (Wildman–Crippen LogP) is 4.96. The van der Waals surface area contributed by atoms with Crippen molar-refractivity contribution in [1.82, 2.24) is 4.90 Å². The first-order valence-electron chi connectivity index (χ1n) is 7.98. The molecule has 24 heavy (non-hydrogen) atoms. The van der Waals surface area contributed by atoms with E-state index in [-0.39, 0.29) is 6.23 Å². The van der Waals surface area contributed by atoms with Crippen molar-refractivity contribution < 1.29 is 4.74 Å². The maximum absolute atomic E-state index is 6.31. The van der Waals surface area contributed by atoms with E-state index in [1.54, 1.807) is 0 Å². The van der Waals surface area contributed by atoms with Gasteiger partial charge in [0.05, 0.1) is 5.56 Å². The Morgan fingerprint density at radius 2 is 1.42 bits per heavy atom. The molecule has 3 aromatic carbocycles. The largest absolute Gasteiger partial charge is 0.466 e. The van der Waals surface area contributed by atoms with Crippen LogP contribution in [0, 0.1) is 0 Å². The average molecular weight is 331 g/mol. The first kappa shape index (κ1) is 14.9. The fourth-order valence-corrected chi connectivity index (χ4v) is 3.32. The standard InChI is InChI=1S/C21H17NOS/c24-21-18-13-7-8-14-19(18)23-20(17-11-5-2-6-12-17)22(21)15-16-9-3-1-4-10-16/h1-14,20H,15H2/t20-/m1/s1. The third-order valence-electron chi connectivity index (χ3n) is 4.18. The lowest BCUT2D eigenvalue weighted by atomic mass is 10.1. The summed E-state index contributed by atoms with van der Waals surface area (Å²) in [5.74, 6) is 0.848. The molecule has 1 atom stereocenters. The third-order valence-corrected chi connectivity index (χ3v) is 4.63. The minimum atomic E-state index is -0.214. The van der Waals surface area contributed by atoms with Gasteiger partial charge in [-0.2, -0.15) is 0 Å². The van der Waals surface area contributed by atoms with Gasteiger partial charge in [0.25, 0.3) is 0 Å². The van der Waals surface area contributed by atoms with Crippen LogP contribution in [-0.4, -0.2) is 9.89 Å². The zero-order chi connectivity index (χ0) is 16.4. The van der Waals surface area contributed by atoms with Crippen LogP contribution in [-0.2, 0) is 6.54 Å². The molecule has 0 N–H and O–H groups in total. The number of rotatable bonds is 3. The molecule has 1 aliphatic heterocycles. The first-order valence-corrected chi connectivity index (χ1v) is 8.39. The molecule has 0 radical (unpaired) electrons. The van der Waals surface area contributed by atoms with Crippen molar-refractivity contribution in [3.05, 3.63) is 102 Å². The van der Waals surface area contributed by atoms with E-state index in [4.69, 9.17) is 17.0 Å². The number of hydrogen-bond donors (Lipinski definition) is 0. The molecule has 0 fully saturated rings. The summed E-state index contributed by atoms with van der Waals surface area (Å²) in [6.07, 6.45) is -0.214. The van der Waals surface area contributed by atoms with Crippen LogP contribution in [0.25, 0.3) is 0 Å². The van der Waals surface area contributed by atoms with Gasteiger partial charge in [-0.3, -0.25) is 0 Å². The molecule has 0 amide bonds. The SMILES string of the molecule is S=C1c2ccccc2O[C@H](c2ccccc2)N1Cc1ccccc1. The summed E-state index contributed by atoms with van der Waals surface area (Å²) < 4.78 is 6.31. The summed E-state index contributed by atoms with van der Waals surface area (Å²) in [7, 11) is 0. The van der Waals surface area contributed by atoms with Crippen LogP contribution >= 0.6 is 12.2 Å². The molecule has 1 heterocycles. The molecular formula is C21H17NOS. The second kappa shape index (κ2) is 6.46. The highest BCUT2D eigenvalue weighted by atomic mass is 32.1. The lowest BCUT2D eigenvalue weighted by Gasteiger charge is -2.39. The average Bonchev–Trinajstić information content (AvgIpc) is 2.65. The predicted molar refractivity (Wildman–Crippen MR) is 99.9 cm³/mol. The van der Waals surface area contributed by atoms with E-state index in [1.807, 2.05) is 48.5 Å². The minimum Gasteiger partial charge on any atom is -0.466 e. The Balaban J connectivity index is 1.76. The van der Waals surface area contributed by atoms with Gasteiger partial charge in [0.2, 0.25) is 0 Å². The number of thiocarbonyl (C=S) groups is 1. The summed E-state index contributed by atoms with van der Waals surface area (Å²) in [5.41, 5.74) is 3.30. The van der Waals surface area contributed by atoms with Gasteiger partial charge in [0.1, 0.15) is 10.7 Å². The molecule has 118 valence electrons. The first-order chi connectivity index (χ1) is 11.8. The summed E-state index contributed by atoms with van der Waals surface area (Å²) in [6.45, 7) is 0.716. The van der Waals surface area contributed by atoms with Crippen LogP contribution in [0.1, 0.15) is 22.9 Å². The van der Waals surface area contributed by atoms with Crippen LogP contribution in [0.3, 0.4) is 0 Å². The molecule has 0 saturated carbocycles. The van der Waals surface area contributed by atoms with Crippen LogP contribution in [0.5, 0.6) is 5.75 Å². The summed E-state index contributed by atoms with van der Waals surface area (Å²) in [5, 5.41) is 0. The summed E-state index contributed by atoms with van der Waals surface area (Å²) in [6, 6.07) is 28.6. The Morgan fingerprint density at radius 3 is 2.17 bits per heavy atom. The smallest absolute Gasteiger partial charge is 0.199 e. The molecule has 4 rings (SSSR count). The normalized spacial score (nSPS) is 16.4. The summed E-state index contributed by atoms with van der Waals surface area (Å²) in [4.78, 5) is 2.98. The number of para-hydroxylation sites is 1. The Morgan fingerprint density at radius 1 is 0.792 bits per heavy atom. The van der Waals surface area contributed by atoms with Crippen molar-refractivity contribution in [1.29, 1.82) is 0 Å². The van der Waals surface area contributed by atoms with E-state index >= 15 is 0 Å². The number of benzene rings is 3. The van der Waals surface area contributed by atoms with Gasteiger partial charge < -0.3 is 9.64 Å². The van der Waals surface area contributed by atoms with Gasteiger partial charge in [-0.25, -0.2) is 0 Å². The van der Waals surface area contributed by atoms with E-state index in [9.17, 15) is 0 Å². The molecule has 0 unspecified atom stereocenters. The third kappa shape index (κ3) is 2.79. The Labute approximate surface area is 147 Å². The fourth-order valence-electron chi connectivity index (χ4n) is 2.99. The van der Waals surface area contributed by atoms with Crippen LogP contribution in [0.2, 0.25) is 0 Å². The topological polar surface area (TPSA) is 12.5 Å². The summed E-state index contributed by atoms with van der Waals surface area (Å²) >= 11 is 5.80. The van der Waals surface area contributed by atoms with Gasteiger partial charge in [0.15, 0.2) is 6.23 Å². The molecule has 1 aliphatic rings. The molecule has 3 aromatic rings. The van der Waals surface area contributed by atoms with Crippen molar-refractivity contribution in [2.45, 2.75) is 12.8 Å². The molecule has 3 heteroatoms. The molecular weight excluding hydrogens is 314 g/mol. The highest BCUT2D eigenvalue weighted by Crippen LogP contribution is 2.36. The number of nitrogens with zero attached hydrogens (tertiary/aromatic N) is 1. The second-order valence-electron chi connectivity index (χ2n) is 5.80. The molecule has 0 aliphatic carbocycles. The molecule has 0 aromatic heterocycles. The zero-order valence-corrected chi connectivity index (χ0v) is 13.9. The Hall–Kier alpha value is -2.65. The Bertz CT molecular complexity index is 848. The van der Waals surface area contributed by atoms with E-state index in [2.05, 4.69) is 41.3 Å². The second-order valence-corrected chi connectivity index (χ2v) is 6.18. The van der Waals surface area contributed by atoms with Crippen LogP contribution < -0.4 is 4.74 Å². The van der Waals surface area contributed by atoms with Crippen molar-refractivity contribution in [3.63, 3.8) is 0 Å². The number of ether oxygens (including phenoxy) is 1. The number of hydrogen-bond acceptors (Lipinski definition) is 2. The van der Waals surface area contributed by atoms with Crippen molar-refractivity contribution in [2.75, 3.05) is 0 Å². The lowest BCUT2D eigenvalue weighted by molar-refractivity contribution is 0.0647. The van der Waals surface area contributed by atoms with Crippen LogP contribution in [0.15, 0.2) is 84.9 Å². The van der Waals surface area contributed by atoms with E-state index in [0.717, 1.165) is 21.9 Å². The maximum atomic E-state index is 6.31. The van der Waals surface area contributed by atoms with Gasteiger partial charge in [-0.05, 0) is 17.7 Å². The number of fused-ring (bicyclic) bond motifs is 1. The van der Waals surface area contributed by atoms with E-state index in [0.29, 0.717) is 6.54 Å². The van der Waals surface area contributed by atoms with Gasteiger partial charge in [-0.15, -0.1) is 0 Å². The van der Waals surface area contributed by atoms with E-state index < -0.39 is 0 Å². The molecule has 0 bridgehead atoms. The fraction of sp³-hybridized carbons (Fsp3) is 0.0952. The molecule has 0 saturated heterocycles. The Kier molecular flexibility index (Phi) is 4.01.